The molecule has 16 heavy (non-hydrogen) atoms. The third-order valence-electron chi connectivity index (χ3n) is 2.49. The van der Waals surface area contributed by atoms with Gasteiger partial charge in [-0.2, -0.15) is 0 Å². The predicted molar refractivity (Wildman–Crippen MR) is 62.5 cm³/mol. The van der Waals surface area contributed by atoms with Gasteiger partial charge in [-0.05, 0) is 24.6 Å². The van der Waals surface area contributed by atoms with E-state index in [1.807, 2.05) is 24.5 Å². The van der Waals surface area contributed by atoms with Crippen molar-refractivity contribution in [3.8, 4) is 0 Å². The van der Waals surface area contributed by atoms with Crippen LogP contribution in [-0.2, 0) is 6.54 Å². The summed E-state index contributed by atoms with van der Waals surface area (Å²) in [5.74, 6) is 0.104. The van der Waals surface area contributed by atoms with Crippen molar-refractivity contribution in [2.75, 3.05) is 0 Å². The number of fused-ring (bicyclic) bond motifs is 1. The third kappa shape index (κ3) is 1.71. The fourth-order valence-corrected chi connectivity index (χ4v) is 1.70. The summed E-state index contributed by atoms with van der Waals surface area (Å²) in [5.41, 5.74) is 8.12. The molecule has 0 fully saturated rings. The lowest BCUT2D eigenvalue weighted by molar-refractivity contribution is 0.318. The van der Waals surface area contributed by atoms with Crippen molar-refractivity contribution in [2.45, 2.75) is 19.9 Å². The number of aromatic nitrogens is 2. The number of nitrogens with two attached hydrogens (primary N) is 1. The Morgan fingerprint density at radius 3 is 3.06 bits per heavy atom. The van der Waals surface area contributed by atoms with Gasteiger partial charge < -0.3 is 15.5 Å². The van der Waals surface area contributed by atoms with Gasteiger partial charge in [0, 0.05) is 12.1 Å². The molecule has 1 heterocycles. The lowest BCUT2D eigenvalue weighted by atomic mass is 10.2. The van der Waals surface area contributed by atoms with E-state index in [9.17, 15) is 0 Å². The molecule has 0 unspecified atom stereocenters. The summed E-state index contributed by atoms with van der Waals surface area (Å²) >= 11 is 0. The van der Waals surface area contributed by atoms with Gasteiger partial charge in [-0.25, -0.2) is 4.98 Å². The number of oxime groups is 1. The summed E-state index contributed by atoms with van der Waals surface area (Å²) < 4.78 is 2.09. The number of hydrogen-bond acceptors (Lipinski definition) is 3. The van der Waals surface area contributed by atoms with Crippen LogP contribution in [0.15, 0.2) is 29.7 Å². The SMILES string of the molecule is CCCn1cnc2cc(/C(N)=N/O)ccc21. The van der Waals surface area contributed by atoms with Crippen LogP contribution in [0.5, 0.6) is 0 Å². The van der Waals surface area contributed by atoms with E-state index in [0.29, 0.717) is 5.56 Å². The molecule has 84 valence electrons. The number of hydrogen-bond donors (Lipinski definition) is 2. The fraction of sp³-hybridized carbons (Fsp3) is 0.273. The minimum absolute atomic E-state index is 0.104. The van der Waals surface area contributed by atoms with Gasteiger partial charge in [0.15, 0.2) is 5.84 Å². The number of nitrogens with zero attached hydrogens (tertiary/aromatic N) is 3. The Labute approximate surface area is 93.2 Å². The second kappa shape index (κ2) is 4.22. The van der Waals surface area contributed by atoms with Crippen LogP contribution in [-0.4, -0.2) is 20.6 Å². The zero-order valence-electron chi connectivity index (χ0n) is 9.09. The summed E-state index contributed by atoms with van der Waals surface area (Å²) in [6.07, 6.45) is 2.87. The zero-order valence-corrected chi connectivity index (χ0v) is 9.09. The Hall–Kier alpha value is -2.04. The largest absolute Gasteiger partial charge is 0.409 e. The number of rotatable bonds is 3. The van der Waals surface area contributed by atoms with E-state index < -0.39 is 0 Å². The maximum atomic E-state index is 8.59. The van der Waals surface area contributed by atoms with Crippen molar-refractivity contribution >= 4 is 16.9 Å². The van der Waals surface area contributed by atoms with Crippen LogP contribution < -0.4 is 5.73 Å². The molecule has 0 saturated carbocycles. The van der Waals surface area contributed by atoms with Crippen LogP contribution in [0.1, 0.15) is 18.9 Å². The molecule has 5 nitrogen and oxygen atoms in total. The molecule has 0 radical (unpaired) electrons. The van der Waals surface area contributed by atoms with Gasteiger partial charge in [0.25, 0.3) is 0 Å². The van der Waals surface area contributed by atoms with Crippen molar-refractivity contribution in [3.63, 3.8) is 0 Å². The monoisotopic (exact) mass is 218 g/mol. The van der Waals surface area contributed by atoms with E-state index in [1.54, 1.807) is 0 Å². The summed E-state index contributed by atoms with van der Waals surface area (Å²) in [6, 6.07) is 5.58. The molecular weight excluding hydrogens is 204 g/mol. The Morgan fingerprint density at radius 1 is 1.56 bits per heavy atom. The smallest absolute Gasteiger partial charge is 0.170 e. The average molecular weight is 218 g/mol. The van der Waals surface area contributed by atoms with Gasteiger partial charge in [-0.15, -0.1) is 0 Å². The number of imidazole rings is 1. The Bertz CT molecular complexity index is 530. The topological polar surface area (TPSA) is 76.4 Å². The molecule has 0 saturated heterocycles. The first-order chi connectivity index (χ1) is 7.76. The van der Waals surface area contributed by atoms with Crippen molar-refractivity contribution < 1.29 is 5.21 Å². The molecule has 0 bridgehead atoms. The lowest BCUT2D eigenvalue weighted by Gasteiger charge is -2.02. The van der Waals surface area contributed by atoms with Crippen LogP contribution in [0.4, 0.5) is 0 Å². The summed E-state index contributed by atoms with van der Waals surface area (Å²) in [4.78, 5) is 4.29. The maximum Gasteiger partial charge on any atom is 0.170 e. The van der Waals surface area contributed by atoms with Crippen LogP contribution >= 0.6 is 0 Å². The molecular formula is C11H14N4O. The highest BCUT2D eigenvalue weighted by Crippen LogP contribution is 2.15. The van der Waals surface area contributed by atoms with Gasteiger partial charge >= 0.3 is 0 Å². The minimum atomic E-state index is 0.104. The summed E-state index contributed by atoms with van der Waals surface area (Å²) in [6.45, 7) is 3.07. The normalized spacial score (nSPS) is 12.2. The van der Waals surface area contributed by atoms with Gasteiger partial charge in [-0.1, -0.05) is 12.1 Å². The molecule has 5 heteroatoms. The maximum absolute atomic E-state index is 8.59. The standard InChI is InChI=1S/C11H14N4O/c1-2-5-15-7-13-9-6-8(11(12)14-16)3-4-10(9)15/h3-4,6-7,16H,2,5H2,1H3,(H2,12,14). The van der Waals surface area contributed by atoms with E-state index in [-0.39, 0.29) is 5.84 Å². The van der Waals surface area contributed by atoms with Gasteiger partial charge in [0.05, 0.1) is 17.4 Å². The van der Waals surface area contributed by atoms with Gasteiger partial charge in [0.1, 0.15) is 0 Å². The molecule has 2 aromatic rings. The quantitative estimate of drug-likeness (QED) is 0.355. The molecule has 0 aliphatic heterocycles. The van der Waals surface area contributed by atoms with Crippen molar-refractivity contribution in [3.05, 3.63) is 30.1 Å². The highest BCUT2D eigenvalue weighted by atomic mass is 16.4. The van der Waals surface area contributed by atoms with E-state index >= 15 is 0 Å². The molecule has 0 aliphatic carbocycles. The third-order valence-corrected chi connectivity index (χ3v) is 2.49. The van der Waals surface area contributed by atoms with Crippen LogP contribution in [0, 0.1) is 0 Å². The fourth-order valence-electron chi connectivity index (χ4n) is 1.70. The van der Waals surface area contributed by atoms with Crippen LogP contribution in [0.2, 0.25) is 0 Å². The molecule has 0 amide bonds. The molecule has 3 N–H and O–H groups in total. The van der Waals surface area contributed by atoms with Crippen molar-refractivity contribution in [1.82, 2.24) is 9.55 Å². The van der Waals surface area contributed by atoms with Gasteiger partial charge in [0.2, 0.25) is 0 Å². The molecule has 0 atom stereocenters. The van der Waals surface area contributed by atoms with Crippen LogP contribution in [0.3, 0.4) is 0 Å². The minimum Gasteiger partial charge on any atom is -0.409 e. The molecule has 1 aromatic carbocycles. The molecule has 1 aromatic heterocycles. The lowest BCUT2D eigenvalue weighted by Crippen LogP contribution is -2.12. The number of benzene rings is 1. The highest BCUT2D eigenvalue weighted by molar-refractivity contribution is 5.99. The van der Waals surface area contributed by atoms with E-state index in [4.69, 9.17) is 10.9 Å². The Kier molecular flexibility index (Phi) is 2.76. The zero-order chi connectivity index (χ0) is 11.5. The highest BCUT2D eigenvalue weighted by Gasteiger charge is 2.05. The molecule has 2 rings (SSSR count). The summed E-state index contributed by atoms with van der Waals surface area (Å²) in [7, 11) is 0. The van der Waals surface area contributed by atoms with Crippen molar-refractivity contribution in [1.29, 1.82) is 0 Å². The van der Waals surface area contributed by atoms with Crippen molar-refractivity contribution in [2.24, 2.45) is 10.9 Å². The first-order valence-corrected chi connectivity index (χ1v) is 5.19. The average Bonchev–Trinajstić information content (AvgIpc) is 2.71. The number of aryl methyl sites for hydroxylation is 1. The second-order valence-electron chi connectivity index (χ2n) is 3.63. The Balaban J connectivity index is 2.49. The number of amidine groups is 1. The summed E-state index contributed by atoms with van der Waals surface area (Å²) in [5, 5.41) is 11.6. The Morgan fingerprint density at radius 2 is 2.38 bits per heavy atom. The van der Waals surface area contributed by atoms with Crippen LogP contribution in [0.25, 0.3) is 11.0 Å². The predicted octanol–water partition coefficient (Wildman–Crippen LogP) is 1.54. The first kappa shape index (κ1) is 10.5. The second-order valence-corrected chi connectivity index (χ2v) is 3.63. The van der Waals surface area contributed by atoms with E-state index in [1.165, 1.54) is 0 Å². The van der Waals surface area contributed by atoms with Gasteiger partial charge in [-0.3, -0.25) is 0 Å². The van der Waals surface area contributed by atoms with E-state index in [0.717, 1.165) is 24.0 Å². The first-order valence-electron chi connectivity index (χ1n) is 5.19. The molecule has 0 aliphatic rings. The molecule has 0 spiro atoms. The van der Waals surface area contributed by atoms with E-state index in [2.05, 4.69) is 21.6 Å².